The topological polar surface area (TPSA) is 21.7 Å². The number of benzene rings is 5. The Hall–Kier alpha value is -4.24. The Balaban J connectivity index is 1.56. The molecule has 0 saturated heterocycles. The predicted octanol–water partition coefficient (Wildman–Crippen LogP) is 8.48. The Labute approximate surface area is 199 Å². The van der Waals surface area contributed by atoms with Crippen molar-refractivity contribution in [3.8, 4) is 22.6 Å². The molecule has 0 unspecified atom stereocenters. The second kappa shape index (κ2) is 7.96. The van der Waals surface area contributed by atoms with Crippen molar-refractivity contribution in [3.05, 3.63) is 115 Å². The minimum absolute atomic E-state index is 0.651. The van der Waals surface area contributed by atoms with E-state index in [1.165, 1.54) is 10.8 Å². The SMILES string of the molecule is CC1(C)Oc2ccc(-c3cc(N(c4ccccc4)c4ccccc4)cc4ccccc34)cc2O1. The molecule has 3 heteroatoms. The predicted molar refractivity (Wildman–Crippen MR) is 139 cm³/mol. The highest BCUT2D eigenvalue weighted by Gasteiger charge is 2.31. The summed E-state index contributed by atoms with van der Waals surface area (Å²) < 4.78 is 12.0. The Morgan fingerprint density at radius 1 is 0.559 bits per heavy atom. The average Bonchev–Trinajstić information content (AvgIpc) is 3.18. The van der Waals surface area contributed by atoms with Crippen molar-refractivity contribution < 1.29 is 9.47 Å². The molecule has 0 fully saturated rings. The zero-order chi connectivity index (χ0) is 23.1. The molecule has 0 saturated carbocycles. The molecule has 1 aliphatic rings. The molecule has 0 spiro atoms. The van der Waals surface area contributed by atoms with E-state index in [1.54, 1.807) is 0 Å². The summed E-state index contributed by atoms with van der Waals surface area (Å²) in [4.78, 5) is 2.30. The molecular formula is C31H25NO2. The minimum atomic E-state index is -0.651. The Bertz CT molecular complexity index is 1440. The van der Waals surface area contributed by atoms with Gasteiger partial charge < -0.3 is 14.4 Å². The van der Waals surface area contributed by atoms with Gasteiger partial charge in [0.2, 0.25) is 5.79 Å². The van der Waals surface area contributed by atoms with Gasteiger partial charge in [0.15, 0.2) is 11.5 Å². The van der Waals surface area contributed by atoms with Gasteiger partial charge in [0.25, 0.3) is 0 Å². The molecule has 1 heterocycles. The van der Waals surface area contributed by atoms with Gasteiger partial charge in [-0.3, -0.25) is 0 Å². The molecule has 0 radical (unpaired) electrons. The molecule has 0 aromatic heterocycles. The highest BCUT2D eigenvalue weighted by atomic mass is 16.7. The molecule has 1 aliphatic heterocycles. The van der Waals surface area contributed by atoms with Crippen molar-refractivity contribution in [2.75, 3.05) is 4.90 Å². The highest BCUT2D eigenvalue weighted by Crippen LogP contribution is 2.44. The smallest absolute Gasteiger partial charge is 0.246 e. The fourth-order valence-electron chi connectivity index (χ4n) is 4.65. The first kappa shape index (κ1) is 20.4. The van der Waals surface area contributed by atoms with E-state index in [-0.39, 0.29) is 0 Å². The quantitative estimate of drug-likeness (QED) is 0.278. The second-order valence-corrected chi connectivity index (χ2v) is 8.99. The van der Waals surface area contributed by atoms with E-state index in [0.29, 0.717) is 0 Å². The third kappa shape index (κ3) is 3.65. The Morgan fingerprint density at radius 3 is 1.88 bits per heavy atom. The fourth-order valence-corrected chi connectivity index (χ4v) is 4.65. The Kier molecular flexibility index (Phi) is 4.77. The van der Waals surface area contributed by atoms with Crippen molar-refractivity contribution in [1.29, 1.82) is 0 Å². The molecule has 3 nitrogen and oxygen atoms in total. The number of rotatable bonds is 4. The van der Waals surface area contributed by atoms with Gasteiger partial charge >= 0.3 is 0 Å². The largest absolute Gasteiger partial charge is 0.449 e. The minimum Gasteiger partial charge on any atom is -0.449 e. The maximum absolute atomic E-state index is 6.05. The molecule has 0 N–H and O–H groups in total. The summed E-state index contributed by atoms with van der Waals surface area (Å²) >= 11 is 0. The summed E-state index contributed by atoms with van der Waals surface area (Å²) in [6.07, 6.45) is 0. The molecule has 5 aromatic rings. The third-order valence-corrected chi connectivity index (χ3v) is 6.10. The molecule has 34 heavy (non-hydrogen) atoms. The van der Waals surface area contributed by atoms with Crippen molar-refractivity contribution in [3.63, 3.8) is 0 Å². The van der Waals surface area contributed by atoms with Gasteiger partial charge in [0.05, 0.1) is 0 Å². The van der Waals surface area contributed by atoms with Crippen LogP contribution in [-0.4, -0.2) is 5.79 Å². The molecule has 6 rings (SSSR count). The summed E-state index contributed by atoms with van der Waals surface area (Å²) in [6, 6.07) is 40.2. The van der Waals surface area contributed by atoms with Crippen LogP contribution in [0.25, 0.3) is 21.9 Å². The summed E-state index contributed by atoms with van der Waals surface area (Å²) in [5.41, 5.74) is 5.58. The number of para-hydroxylation sites is 2. The number of nitrogens with zero attached hydrogens (tertiary/aromatic N) is 1. The first-order valence-electron chi connectivity index (χ1n) is 11.5. The lowest BCUT2D eigenvalue weighted by molar-refractivity contribution is -0.0431. The van der Waals surface area contributed by atoms with Gasteiger partial charge in [-0.15, -0.1) is 0 Å². The maximum atomic E-state index is 6.05. The Morgan fingerprint density at radius 2 is 1.18 bits per heavy atom. The van der Waals surface area contributed by atoms with E-state index < -0.39 is 5.79 Å². The molecule has 0 atom stereocenters. The van der Waals surface area contributed by atoms with Crippen LogP contribution in [-0.2, 0) is 0 Å². The lowest BCUT2D eigenvalue weighted by Gasteiger charge is -2.26. The van der Waals surface area contributed by atoms with Gasteiger partial charge in [-0.2, -0.15) is 0 Å². The number of hydrogen-bond acceptors (Lipinski definition) is 3. The summed E-state index contributed by atoms with van der Waals surface area (Å²) in [5.74, 6) is 0.909. The number of ether oxygens (including phenoxy) is 2. The van der Waals surface area contributed by atoms with Gasteiger partial charge in [-0.25, -0.2) is 0 Å². The normalized spacial score (nSPS) is 13.7. The summed E-state index contributed by atoms with van der Waals surface area (Å²) in [5, 5.41) is 2.38. The van der Waals surface area contributed by atoms with E-state index in [0.717, 1.165) is 39.7 Å². The average molecular weight is 444 g/mol. The van der Waals surface area contributed by atoms with Gasteiger partial charge in [0.1, 0.15) is 0 Å². The number of hydrogen-bond donors (Lipinski definition) is 0. The van der Waals surface area contributed by atoms with E-state index in [2.05, 4.69) is 102 Å². The van der Waals surface area contributed by atoms with Crippen LogP contribution < -0.4 is 14.4 Å². The lowest BCUT2D eigenvalue weighted by atomic mass is 9.96. The molecule has 5 aromatic carbocycles. The molecule has 166 valence electrons. The van der Waals surface area contributed by atoms with Crippen LogP contribution in [0.4, 0.5) is 17.1 Å². The van der Waals surface area contributed by atoms with Crippen molar-refractivity contribution in [2.45, 2.75) is 19.6 Å². The zero-order valence-corrected chi connectivity index (χ0v) is 19.2. The van der Waals surface area contributed by atoms with Gasteiger partial charge in [0, 0.05) is 30.9 Å². The first-order valence-corrected chi connectivity index (χ1v) is 11.5. The summed E-state index contributed by atoms with van der Waals surface area (Å²) in [6.45, 7) is 3.86. The first-order chi connectivity index (χ1) is 16.6. The van der Waals surface area contributed by atoms with Crippen LogP contribution in [0.1, 0.15) is 13.8 Å². The van der Waals surface area contributed by atoms with Crippen LogP contribution >= 0.6 is 0 Å². The van der Waals surface area contributed by atoms with E-state index in [1.807, 2.05) is 32.0 Å². The summed E-state index contributed by atoms with van der Waals surface area (Å²) in [7, 11) is 0. The van der Waals surface area contributed by atoms with Gasteiger partial charge in [-0.05, 0) is 70.4 Å². The van der Waals surface area contributed by atoms with E-state index in [4.69, 9.17) is 9.47 Å². The third-order valence-electron chi connectivity index (χ3n) is 6.10. The van der Waals surface area contributed by atoms with Gasteiger partial charge in [-0.1, -0.05) is 66.7 Å². The standard InChI is InChI=1S/C31H25NO2/c1-31(2)33-29-18-17-23(20-30(29)34-31)28-21-26(19-22-11-9-10-16-27(22)28)32(24-12-5-3-6-13-24)25-14-7-4-8-15-25/h3-21H,1-2H3. The molecule has 0 amide bonds. The van der Waals surface area contributed by atoms with Crippen molar-refractivity contribution >= 4 is 27.8 Å². The molecule has 0 aliphatic carbocycles. The monoisotopic (exact) mass is 443 g/mol. The molecule has 0 bridgehead atoms. The molecular weight excluding hydrogens is 418 g/mol. The van der Waals surface area contributed by atoms with E-state index >= 15 is 0 Å². The van der Waals surface area contributed by atoms with E-state index in [9.17, 15) is 0 Å². The van der Waals surface area contributed by atoms with Crippen molar-refractivity contribution in [1.82, 2.24) is 0 Å². The number of fused-ring (bicyclic) bond motifs is 2. The van der Waals surface area contributed by atoms with Crippen molar-refractivity contribution in [2.24, 2.45) is 0 Å². The van der Waals surface area contributed by atoms with Crippen LogP contribution in [0.2, 0.25) is 0 Å². The maximum Gasteiger partial charge on any atom is 0.246 e. The highest BCUT2D eigenvalue weighted by molar-refractivity contribution is 6.01. The van der Waals surface area contributed by atoms with Crippen LogP contribution in [0.15, 0.2) is 115 Å². The zero-order valence-electron chi connectivity index (χ0n) is 19.2. The lowest BCUT2D eigenvalue weighted by Crippen LogP contribution is -2.29. The van der Waals surface area contributed by atoms with Crippen LogP contribution in [0, 0.1) is 0 Å². The number of anilines is 3. The van der Waals surface area contributed by atoms with Crippen LogP contribution in [0.3, 0.4) is 0 Å². The fraction of sp³-hybridized carbons (Fsp3) is 0.0968. The van der Waals surface area contributed by atoms with Crippen LogP contribution in [0.5, 0.6) is 11.5 Å². The second-order valence-electron chi connectivity index (χ2n) is 8.99.